The van der Waals surface area contributed by atoms with Gasteiger partial charge in [0.15, 0.2) is 0 Å². The minimum atomic E-state index is 0.0177. The highest BCUT2D eigenvalue weighted by atomic mass is 32.2. The molecule has 3 heteroatoms. The molecule has 78 valence electrons. The Morgan fingerprint density at radius 2 is 2.13 bits per heavy atom. The van der Waals surface area contributed by atoms with Crippen LogP contribution in [0.4, 0.5) is 5.69 Å². The second kappa shape index (κ2) is 6.97. The maximum atomic E-state index is 11.4. The van der Waals surface area contributed by atoms with Crippen molar-refractivity contribution in [2.45, 2.75) is 6.92 Å². The van der Waals surface area contributed by atoms with Gasteiger partial charge in [0.2, 0.25) is 5.91 Å². The SMILES string of the molecule is CC#CCSCC(=O)Nc1ccccc1. The Hall–Kier alpha value is -1.40. The third kappa shape index (κ3) is 5.14. The molecule has 0 radical (unpaired) electrons. The maximum Gasteiger partial charge on any atom is 0.234 e. The van der Waals surface area contributed by atoms with Gasteiger partial charge in [-0.1, -0.05) is 24.1 Å². The molecule has 0 aliphatic carbocycles. The molecular formula is C12H13NOS. The lowest BCUT2D eigenvalue weighted by Crippen LogP contribution is -2.14. The zero-order chi connectivity index (χ0) is 10.9. The van der Waals surface area contributed by atoms with Gasteiger partial charge in [0.1, 0.15) is 0 Å². The summed E-state index contributed by atoms with van der Waals surface area (Å²) in [6, 6.07) is 9.45. The highest BCUT2D eigenvalue weighted by Gasteiger charge is 2.00. The Morgan fingerprint density at radius 3 is 2.80 bits per heavy atom. The first kappa shape index (κ1) is 11.7. The third-order valence-electron chi connectivity index (χ3n) is 1.64. The van der Waals surface area contributed by atoms with Gasteiger partial charge in [-0.25, -0.2) is 0 Å². The van der Waals surface area contributed by atoms with Crippen molar-refractivity contribution >= 4 is 23.4 Å². The number of hydrogen-bond acceptors (Lipinski definition) is 2. The molecule has 0 spiro atoms. The van der Waals surface area contributed by atoms with Crippen molar-refractivity contribution in [3.63, 3.8) is 0 Å². The molecule has 2 nitrogen and oxygen atoms in total. The van der Waals surface area contributed by atoms with Gasteiger partial charge >= 0.3 is 0 Å². The van der Waals surface area contributed by atoms with E-state index in [-0.39, 0.29) is 5.91 Å². The van der Waals surface area contributed by atoms with Crippen molar-refractivity contribution in [1.29, 1.82) is 0 Å². The summed E-state index contributed by atoms with van der Waals surface area (Å²) in [4.78, 5) is 11.4. The van der Waals surface area contributed by atoms with E-state index in [0.29, 0.717) is 11.5 Å². The van der Waals surface area contributed by atoms with Gasteiger partial charge in [-0.05, 0) is 19.1 Å². The van der Waals surface area contributed by atoms with Gasteiger partial charge in [-0.2, -0.15) is 0 Å². The van der Waals surface area contributed by atoms with Crippen molar-refractivity contribution in [3.8, 4) is 11.8 Å². The fourth-order valence-corrected chi connectivity index (χ4v) is 1.59. The number of hydrogen-bond donors (Lipinski definition) is 1. The van der Waals surface area contributed by atoms with Gasteiger partial charge < -0.3 is 5.32 Å². The first-order valence-electron chi connectivity index (χ1n) is 4.65. The zero-order valence-electron chi connectivity index (χ0n) is 8.62. The molecule has 0 saturated heterocycles. The summed E-state index contributed by atoms with van der Waals surface area (Å²) in [6.07, 6.45) is 0. The summed E-state index contributed by atoms with van der Waals surface area (Å²) in [6.45, 7) is 1.80. The molecule has 1 rings (SSSR count). The molecule has 0 bridgehead atoms. The van der Waals surface area contributed by atoms with Crippen LogP contribution >= 0.6 is 11.8 Å². The molecule has 0 atom stereocenters. The molecule has 1 N–H and O–H groups in total. The molecular weight excluding hydrogens is 206 g/mol. The smallest absolute Gasteiger partial charge is 0.234 e. The van der Waals surface area contributed by atoms with Gasteiger partial charge in [-0.3, -0.25) is 4.79 Å². The lowest BCUT2D eigenvalue weighted by Gasteiger charge is -2.02. The highest BCUT2D eigenvalue weighted by molar-refractivity contribution is 8.00. The van der Waals surface area contributed by atoms with Crippen molar-refractivity contribution in [2.24, 2.45) is 0 Å². The molecule has 15 heavy (non-hydrogen) atoms. The average Bonchev–Trinajstić information content (AvgIpc) is 2.26. The number of para-hydroxylation sites is 1. The van der Waals surface area contributed by atoms with Crippen LogP contribution in [0.25, 0.3) is 0 Å². The maximum absolute atomic E-state index is 11.4. The van der Waals surface area contributed by atoms with Crippen LogP contribution in [0.1, 0.15) is 6.92 Å². The van der Waals surface area contributed by atoms with E-state index in [4.69, 9.17) is 0 Å². The summed E-state index contributed by atoms with van der Waals surface area (Å²) < 4.78 is 0. The Bertz CT molecular complexity index is 364. The number of thioether (sulfide) groups is 1. The van der Waals surface area contributed by atoms with Crippen molar-refractivity contribution in [1.82, 2.24) is 0 Å². The van der Waals surface area contributed by atoms with E-state index >= 15 is 0 Å². The Labute approximate surface area is 94.5 Å². The van der Waals surface area contributed by atoms with Crippen LogP contribution in [0, 0.1) is 11.8 Å². The van der Waals surface area contributed by atoms with Gasteiger partial charge in [-0.15, -0.1) is 17.7 Å². The van der Waals surface area contributed by atoms with E-state index in [0.717, 1.165) is 5.69 Å². The zero-order valence-corrected chi connectivity index (χ0v) is 9.43. The topological polar surface area (TPSA) is 29.1 Å². The van der Waals surface area contributed by atoms with E-state index in [2.05, 4.69) is 17.2 Å². The number of amides is 1. The molecule has 0 aliphatic heterocycles. The number of anilines is 1. The Balaban J connectivity index is 2.27. The highest BCUT2D eigenvalue weighted by Crippen LogP contribution is 2.06. The fourth-order valence-electron chi connectivity index (χ4n) is 0.985. The van der Waals surface area contributed by atoms with Gasteiger partial charge in [0.05, 0.1) is 11.5 Å². The molecule has 1 aromatic carbocycles. The molecule has 0 aromatic heterocycles. The summed E-state index contributed by atoms with van der Waals surface area (Å²) in [7, 11) is 0. The Kier molecular flexibility index (Phi) is 5.42. The Morgan fingerprint density at radius 1 is 1.40 bits per heavy atom. The standard InChI is InChI=1S/C12H13NOS/c1-2-3-9-15-10-12(14)13-11-7-5-4-6-8-11/h4-8H,9-10H2,1H3,(H,13,14). The fraction of sp³-hybridized carbons (Fsp3) is 0.250. The van der Waals surface area contributed by atoms with E-state index in [1.807, 2.05) is 30.3 Å². The average molecular weight is 219 g/mol. The van der Waals surface area contributed by atoms with E-state index < -0.39 is 0 Å². The lowest BCUT2D eigenvalue weighted by molar-refractivity contribution is -0.113. The number of benzene rings is 1. The normalized spacial score (nSPS) is 8.87. The minimum Gasteiger partial charge on any atom is -0.325 e. The van der Waals surface area contributed by atoms with Crippen LogP contribution in [0.15, 0.2) is 30.3 Å². The summed E-state index contributed by atoms with van der Waals surface area (Å²) in [5.41, 5.74) is 0.838. The molecule has 1 aromatic rings. The van der Waals surface area contributed by atoms with Crippen LogP contribution in [-0.2, 0) is 4.79 Å². The minimum absolute atomic E-state index is 0.0177. The van der Waals surface area contributed by atoms with Crippen LogP contribution < -0.4 is 5.32 Å². The quantitative estimate of drug-likeness (QED) is 0.622. The van der Waals surface area contributed by atoms with Crippen LogP contribution in [0.2, 0.25) is 0 Å². The van der Waals surface area contributed by atoms with Gasteiger partial charge in [0.25, 0.3) is 0 Å². The molecule has 0 aliphatic rings. The number of nitrogens with one attached hydrogen (secondary N) is 1. The number of carbonyl (C=O) groups is 1. The molecule has 0 unspecified atom stereocenters. The van der Waals surface area contributed by atoms with E-state index in [1.54, 1.807) is 6.92 Å². The second-order valence-corrected chi connectivity index (χ2v) is 3.82. The predicted octanol–water partition coefficient (Wildman–Crippen LogP) is 2.38. The van der Waals surface area contributed by atoms with Crippen molar-refractivity contribution < 1.29 is 4.79 Å². The van der Waals surface area contributed by atoms with E-state index in [9.17, 15) is 4.79 Å². The lowest BCUT2D eigenvalue weighted by atomic mass is 10.3. The molecule has 0 heterocycles. The van der Waals surface area contributed by atoms with Crippen molar-refractivity contribution in [2.75, 3.05) is 16.8 Å². The van der Waals surface area contributed by atoms with Crippen LogP contribution in [0.3, 0.4) is 0 Å². The van der Waals surface area contributed by atoms with Crippen LogP contribution in [0.5, 0.6) is 0 Å². The van der Waals surface area contributed by atoms with Crippen molar-refractivity contribution in [3.05, 3.63) is 30.3 Å². The summed E-state index contributed by atoms with van der Waals surface area (Å²) in [5, 5.41) is 2.81. The summed E-state index contributed by atoms with van der Waals surface area (Å²) in [5.74, 6) is 6.86. The largest absolute Gasteiger partial charge is 0.325 e. The second-order valence-electron chi connectivity index (χ2n) is 2.83. The molecule has 0 saturated carbocycles. The monoisotopic (exact) mass is 219 g/mol. The molecule has 1 amide bonds. The number of rotatable bonds is 4. The first-order chi connectivity index (χ1) is 7.33. The third-order valence-corrected chi connectivity index (χ3v) is 2.46. The summed E-state index contributed by atoms with van der Waals surface area (Å²) >= 11 is 1.52. The molecule has 0 fully saturated rings. The van der Waals surface area contributed by atoms with Gasteiger partial charge in [0, 0.05) is 5.69 Å². The number of carbonyl (C=O) groups excluding carboxylic acids is 1. The predicted molar refractivity (Wildman–Crippen MR) is 65.8 cm³/mol. The van der Waals surface area contributed by atoms with Crippen LogP contribution in [-0.4, -0.2) is 17.4 Å². The van der Waals surface area contributed by atoms with E-state index in [1.165, 1.54) is 11.8 Å². The first-order valence-corrected chi connectivity index (χ1v) is 5.80.